The summed E-state index contributed by atoms with van der Waals surface area (Å²) in [5, 5.41) is 3.46. The Morgan fingerprint density at radius 1 is 1.31 bits per heavy atom. The highest BCUT2D eigenvalue weighted by Crippen LogP contribution is 2.46. The molecular formula is C12H16ClN3. The summed E-state index contributed by atoms with van der Waals surface area (Å²) >= 11 is 5.97. The van der Waals surface area contributed by atoms with Crippen molar-refractivity contribution in [1.82, 2.24) is 9.97 Å². The average Bonchev–Trinajstić information content (AvgIpc) is 2.94. The minimum Gasteiger partial charge on any atom is -0.369 e. The van der Waals surface area contributed by atoms with Crippen molar-refractivity contribution in [3.63, 3.8) is 0 Å². The van der Waals surface area contributed by atoms with Crippen molar-refractivity contribution in [2.45, 2.75) is 32.1 Å². The SMILES string of the molecule is ClCC1(CNc2ncnc3c2CCC3)CC1. The zero-order valence-electron chi connectivity index (χ0n) is 9.30. The van der Waals surface area contributed by atoms with Crippen LogP contribution in [-0.4, -0.2) is 22.4 Å². The quantitative estimate of drug-likeness (QED) is 0.818. The van der Waals surface area contributed by atoms with Crippen LogP contribution in [0.25, 0.3) is 0 Å². The predicted octanol–water partition coefficient (Wildman–Crippen LogP) is 2.40. The maximum Gasteiger partial charge on any atom is 0.132 e. The molecular weight excluding hydrogens is 222 g/mol. The Kier molecular flexibility index (Phi) is 2.51. The number of alkyl halides is 1. The summed E-state index contributed by atoms with van der Waals surface area (Å²) in [5.41, 5.74) is 2.90. The van der Waals surface area contributed by atoms with E-state index in [1.54, 1.807) is 6.33 Å². The molecule has 0 atom stereocenters. The van der Waals surface area contributed by atoms with Crippen molar-refractivity contribution >= 4 is 17.4 Å². The molecule has 4 heteroatoms. The van der Waals surface area contributed by atoms with E-state index < -0.39 is 0 Å². The third-order valence-corrected chi connectivity index (χ3v) is 4.31. The molecule has 1 heterocycles. The molecule has 0 unspecified atom stereocenters. The average molecular weight is 238 g/mol. The molecule has 3 rings (SSSR count). The standard InChI is InChI=1S/C12H16ClN3/c13-6-12(4-5-12)7-14-11-9-2-1-3-10(9)15-8-16-11/h8H,1-7H2,(H,14,15,16). The molecule has 86 valence electrons. The van der Waals surface area contributed by atoms with Crippen molar-refractivity contribution in [1.29, 1.82) is 0 Å². The van der Waals surface area contributed by atoms with Gasteiger partial charge in [-0.1, -0.05) is 0 Å². The van der Waals surface area contributed by atoms with Gasteiger partial charge < -0.3 is 5.32 Å². The Bertz CT molecular complexity index is 401. The number of aromatic nitrogens is 2. The number of hydrogen-bond donors (Lipinski definition) is 1. The summed E-state index contributed by atoms with van der Waals surface area (Å²) in [5.74, 6) is 1.80. The van der Waals surface area contributed by atoms with Crippen molar-refractivity contribution in [2.24, 2.45) is 5.41 Å². The first kappa shape index (κ1) is 10.3. The molecule has 0 spiro atoms. The Hall–Kier alpha value is -0.830. The molecule has 0 aliphatic heterocycles. The molecule has 2 aliphatic carbocycles. The highest BCUT2D eigenvalue weighted by molar-refractivity contribution is 6.18. The lowest BCUT2D eigenvalue weighted by molar-refractivity contribution is 0.616. The number of rotatable bonds is 4. The van der Waals surface area contributed by atoms with Gasteiger partial charge >= 0.3 is 0 Å². The van der Waals surface area contributed by atoms with Crippen LogP contribution in [0, 0.1) is 5.41 Å². The van der Waals surface area contributed by atoms with E-state index in [0.29, 0.717) is 5.41 Å². The lowest BCUT2D eigenvalue weighted by atomic mass is 10.1. The van der Waals surface area contributed by atoms with Crippen LogP contribution in [0.2, 0.25) is 0 Å². The lowest BCUT2D eigenvalue weighted by Crippen LogP contribution is -2.18. The van der Waals surface area contributed by atoms with E-state index >= 15 is 0 Å². The maximum absolute atomic E-state index is 5.97. The summed E-state index contributed by atoms with van der Waals surface area (Å²) in [6.07, 6.45) is 7.60. The first-order valence-electron chi connectivity index (χ1n) is 5.96. The van der Waals surface area contributed by atoms with E-state index in [9.17, 15) is 0 Å². The molecule has 1 aromatic heterocycles. The van der Waals surface area contributed by atoms with Gasteiger partial charge in [0.25, 0.3) is 0 Å². The lowest BCUT2D eigenvalue weighted by Gasteiger charge is -2.14. The van der Waals surface area contributed by atoms with Gasteiger partial charge in [-0.3, -0.25) is 0 Å². The smallest absolute Gasteiger partial charge is 0.132 e. The summed E-state index contributed by atoms with van der Waals surface area (Å²) in [6.45, 7) is 0.958. The molecule has 0 saturated heterocycles. The Morgan fingerprint density at radius 3 is 2.94 bits per heavy atom. The van der Waals surface area contributed by atoms with Crippen LogP contribution in [0.15, 0.2) is 6.33 Å². The van der Waals surface area contributed by atoms with Crippen LogP contribution < -0.4 is 5.32 Å². The number of aryl methyl sites for hydroxylation is 1. The summed E-state index contributed by atoms with van der Waals surface area (Å²) in [6, 6.07) is 0. The normalized spacial score (nSPS) is 20.6. The van der Waals surface area contributed by atoms with Gasteiger partial charge in [-0.05, 0) is 32.1 Å². The minimum absolute atomic E-state index is 0.345. The molecule has 0 radical (unpaired) electrons. The van der Waals surface area contributed by atoms with E-state index in [1.165, 1.54) is 30.5 Å². The summed E-state index contributed by atoms with van der Waals surface area (Å²) < 4.78 is 0. The second kappa shape index (κ2) is 3.88. The van der Waals surface area contributed by atoms with E-state index in [-0.39, 0.29) is 0 Å². The zero-order valence-corrected chi connectivity index (χ0v) is 10.1. The van der Waals surface area contributed by atoms with E-state index in [4.69, 9.17) is 11.6 Å². The highest BCUT2D eigenvalue weighted by Gasteiger charge is 2.41. The number of hydrogen-bond acceptors (Lipinski definition) is 3. The van der Waals surface area contributed by atoms with Gasteiger partial charge in [-0.25, -0.2) is 9.97 Å². The summed E-state index contributed by atoms with van der Waals surface area (Å²) in [4.78, 5) is 8.67. The van der Waals surface area contributed by atoms with Gasteiger partial charge in [0.05, 0.1) is 0 Å². The fraction of sp³-hybridized carbons (Fsp3) is 0.667. The fourth-order valence-electron chi connectivity index (χ4n) is 2.32. The number of nitrogens with one attached hydrogen (secondary N) is 1. The molecule has 16 heavy (non-hydrogen) atoms. The Labute approximate surface area is 101 Å². The molecule has 1 fully saturated rings. The van der Waals surface area contributed by atoms with E-state index in [1.807, 2.05) is 0 Å². The zero-order chi connectivity index (χ0) is 11.0. The van der Waals surface area contributed by atoms with Crippen LogP contribution in [0.4, 0.5) is 5.82 Å². The van der Waals surface area contributed by atoms with Crippen LogP contribution in [0.5, 0.6) is 0 Å². The van der Waals surface area contributed by atoms with Gasteiger partial charge in [0.15, 0.2) is 0 Å². The molecule has 1 saturated carbocycles. The molecule has 0 amide bonds. The molecule has 0 bridgehead atoms. The Balaban J connectivity index is 1.73. The van der Waals surface area contributed by atoms with Gasteiger partial charge in [0, 0.05) is 29.1 Å². The van der Waals surface area contributed by atoms with Crippen molar-refractivity contribution < 1.29 is 0 Å². The first-order chi connectivity index (χ1) is 7.83. The first-order valence-corrected chi connectivity index (χ1v) is 6.49. The Morgan fingerprint density at radius 2 is 2.19 bits per heavy atom. The monoisotopic (exact) mass is 237 g/mol. The molecule has 1 N–H and O–H groups in total. The number of halogens is 1. The van der Waals surface area contributed by atoms with E-state index in [2.05, 4.69) is 15.3 Å². The van der Waals surface area contributed by atoms with Gasteiger partial charge in [0.1, 0.15) is 12.1 Å². The minimum atomic E-state index is 0.345. The van der Waals surface area contributed by atoms with Crippen LogP contribution >= 0.6 is 11.6 Å². The van der Waals surface area contributed by atoms with Crippen molar-refractivity contribution in [2.75, 3.05) is 17.7 Å². The molecule has 2 aliphatic rings. The number of nitrogens with zero attached hydrogens (tertiary/aromatic N) is 2. The molecule has 0 aromatic carbocycles. The third kappa shape index (κ3) is 1.77. The van der Waals surface area contributed by atoms with Crippen LogP contribution in [-0.2, 0) is 12.8 Å². The topological polar surface area (TPSA) is 37.8 Å². The largest absolute Gasteiger partial charge is 0.369 e. The van der Waals surface area contributed by atoms with Crippen LogP contribution in [0.3, 0.4) is 0 Å². The second-order valence-electron chi connectivity index (χ2n) is 4.99. The van der Waals surface area contributed by atoms with Crippen molar-refractivity contribution in [3.8, 4) is 0 Å². The predicted molar refractivity (Wildman–Crippen MR) is 64.9 cm³/mol. The second-order valence-corrected chi connectivity index (χ2v) is 5.26. The summed E-state index contributed by atoms with van der Waals surface area (Å²) in [7, 11) is 0. The molecule has 1 aromatic rings. The van der Waals surface area contributed by atoms with Crippen LogP contribution in [0.1, 0.15) is 30.5 Å². The highest BCUT2D eigenvalue weighted by atomic mass is 35.5. The molecule has 3 nitrogen and oxygen atoms in total. The fourth-order valence-corrected chi connectivity index (χ4v) is 2.68. The van der Waals surface area contributed by atoms with Gasteiger partial charge in [-0.15, -0.1) is 11.6 Å². The third-order valence-electron chi connectivity index (χ3n) is 3.75. The number of anilines is 1. The maximum atomic E-state index is 5.97. The van der Waals surface area contributed by atoms with E-state index in [0.717, 1.165) is 31.1 Å². The van der Waals surface area contributed by atoms with Crippen molar-refractivity contribution in [3.05, 3.63) is 17.6 Å². The number of fused-ring (bicyclic) bond motifs is 1. The van der Waals surface area contributed by atoms with Gasteiger partial charge in [0.2, 0.25) is 0 Å². The van der Waals surface area contributed by atoms with Gasteiger partial charge in [-0.2, -0.15) is 0 Å².